The maximum atomic E-state index is 13.4. The Morgan fingerprint density at radius 2 is 1.82 bits per heavy atom. The van der Waals surface area contributed by atoms with Crippen molar-refractivity contribution in [3.8, 4) is 10.4 Å². The monoisotopic (exact) mass is 529 g/mol. The van der Waals surface area contributed by atoms with Crippen molar-refractivity contribution < 1.29 is 9.53 Å². The summed E-state index contributed by atoms with van der Waals surface area (Å²) >= 11 is 1.75. The molecule has 1 unspecified atom stereocenters. The molecule has 8 rings (SSSR count). The molecule has 3 heterocycles. The molecule has 38 heavy (non-hydrogen) atoms. The number of nitrogens with one attached hydrogen (secondary N) is 1. The predicted octanol–water partition coefficient (Wildman–Crippen LogP) is 6.92. The number of fused-ring (bicyclic) bond motifs is 1. The third-order valence-electron chi connectivity index (χ3n) is 10.0. The smallest absolute Gasteiger partial charge is 0.220 e. The number of hydrogen-bond acceptors (Lipinski definition) is 5. The minimum absolute atomic E-state index is 0.0712. The van der Waals surface area contributed by atoms with Crippen LogP contribution in [-0.4, -0.2) is 29.6 Å². The van der Waals surface area contributed by atoms with Crippen LogP contribution in [0, 0.1) is 23.7 Å². The van der Waals surface area contributed by atoms with Crippen molar-refractivity contribution in [2.75, 3.05) is 18.9 Å². The number of pyridine rings is 1. The highest BCUT2D eigenvalue weighted by molar-refractivity contribution is 7.13. The average molecular weight is 530 g/mol. The number of aromatic nitrogens is 1. The Balaban J connectivity index is 1.13. The molecule has 0 spiro atoms. The van der Waals surface area contributed by atoms with Crippen molar-refractivity contribution >= 4 is 34.0 Å². The highest BCUT2D eigenvalue weighted by Crippen LogP contribution is 2.55. The minimum Gasteiger partial charge on any atom is -0.383 e. The number of nitrogens with zero attached hydrogens (tertiary/aromatic N) is 1. The Bertz CT molecular complexity index is 1280. The molecule has 2 aromatic heterocycles. The number of nitrogens with two attached hydrogens (primary N) is 1. The molecule has 3 aromatic rings. The molecule has 5 nitrogen and oxygen atoms in total. The lowest BCUT2D eigenvalue weighted by molar-refractivity contribution is -0.127. The second-order valence-electron chi connectivity index (χ2n) is 12.7. The van der Waals surface area contributed by atoms with E-state index in [1.54, 1.807) is 11.3 Å². The van der Waals surface area contributed by atoms with Crippen molar-refractivity contribution in [3.63, 3.8) is 0 Å². The van der Waals surface area contributed by atoms with Gasteiger partial charge in [-0.15, -0.1) is 11.3 Å². The fourth-order valence-electron chi connectivity index (χ4n) is 8.77. The number of benzene rings is 1. The predicted molar refractivity (Wildman–Crippen MR) is 154 cm³/mol. The summed E-state index contributed by atoms with van der Waals surface area (Å²) in [5, 5.41) is 6.83. The quantitative estimate of drug-likeness (QED) is 0.348. The van der Waals surface area contributed by atoms with Crippen molar-refractivity contribution in [1.82, 2.24) is 10.3 Å². The molecule has 0 radical (unpaired) electrons. The molecule has 1 atom stereocenters. The first-order valence-corrected chi connectivity index (χ1v) is 15.5. The van der Waals surface area contributed by atoms with E-state index in [0.29, 0.717) is 18.2 Å². The van der Waals surface area contributed by atoms with Crippen LogP contribution in [0.2, 0.25) is 0 Å². The van der Waals surface area contributed by atoms with Crippen LogP contribution in [-0.2, 0) is 9.53 Å². The van der Waals surface area contributed by atoms with E-state index in [1.807, 2.05) is 0 Å². The lowest BCUT2D eigenvalue weighted by Gasteiger charge is -2.57. The van der Waals surface area contributed by atoms with E-state index < -0.39 is 0 Å². The molecule has 4 bridgehead atoms. The highest BCUT2D eigenvalue weighted by Gasteiger charge is 2.51. The Labute approximate surface area is 229 Å². The first-order chi connectivity index (χ1) is 18.5. The van der Waals surface area contributed by atoms with Gasteiger partial charge in [-0.1, -0.05) is 12.1 Å². The van der Waals surface area contributed by atoms with Crippen molar-refractivity contribution in [2.24, 2.45) is 23.7 Å². The maximum Gasteiger partial charge on any atom is 0.220 e. The largest absolute Gasteiger partial charge is 0.383 e. The van der Waals surface area contributed by atoms with Gasteiger partial charge in [0.15, 0.2) is 0 Å². The van der Waals surface area contributed by atoms with Gasteiger partial charge in [-0.25, -0.2) is 4.98 Å². The molecule has 4 saturated carbocycles. The van der Waals surface area contributed by atoms with Gasteiger partial charge in [-0.2, -0.15) is 0 Å². The lowest BCUT2D eigenvalue weighted by Crippen LogP contribution is -2.59. The SMILES string of the molecule is Nc1nc2ccc(-c3cccs3)cc2cc1C(CCC(=O)NC12CC3CC(CC(C3)C1)C2)C1CCOCC1. The van der Waals surface area contributed by atoms with Gasteiger partial charge < -0.3 is 15.8 Å². The second-order valence-corrected chi connectivity index (χ2v) is 13.6. The number of carbonyl (C=O) groups is 1. The zero-order valence-electron chi connectivity index (χ0n) is 22.2. The molecule has 1 aliphatic heterocycles. The van der Waals surface area contributed by atoms with Crippen molar-refractivity contribution in [2.45, 2.75) is 75.7 Å². The number of ether oxygens (including phenoxy) is 1. The Kier molecular flexibility index (Phi) is 6.44. The van der Waals surface area contributed by atoms with Crippen LogP contribution < -0.4 is 11.1 Å². The second kappa shape index (κ2) is 9.95. The van der Waals surface area contributed by atoms with Gasteiger partial charge in [0.1, 0.15) is 5.82 Å². The number of rotatable bonds is 7. The summed E-state index contributed by atoms with van der Waals surface area (Å²) in [7, 11) is 0. The van der Waals surface area contributed by atoms with E-state index in [4.69, 9.17) is 15.5 Å². The maximum absolute atomic E-state index is 13.4. The summed E-state index contributed by atoms with van der Waals surface area (Å²) in [6, 6.07) is 12.9. The van der Waals surface area contributed by atoms with Crippen LogP contribution in [0.3, 0.4) is 0 Å². The van der Waals surface area contributed by atoms with Crippen molar-refractivity contribution in [1.29, 1.82) is 0 Å². The number of carbonyl (C=O) groups excluding carboxylic acids is 1. The Hall–Kier alpha value is -2.44. The van der Waals surface area contributed by atoms with Gasteiger partial charge in [0.2, 0.25) is 5.91 Å². The Morgan fingerprint density at radius 1 is 1.08 bits per heavy atom. The molecule has 5 aliphatic rings. The zero-order valence-corrected chi connectivity index (χ0v) is 23.0. The average Bonchev–Trinajstić information content (AvgIpc) is 3.43. The van der Waals surface area contributed by atoms with Gasteiger partial charge >= 0.3 is 0 Å². The number of nitrogen functional groups attached to an aromatic ring is 1. The van der Waals surface area contributed by atoms with Gasteiger partial charge in [-0.3, -0.25) is 4.79 Å². The first kappa shape index (κ1) is 24.6. The fourth-order valence-corrected chi connectivity index (χ4v) is 9.50. The van der Waals surface area contributed by atoms with Gasteiger partial charge in [0.25, 0.3) is 0 Å². The zero-order chi connectivity index (χ0) is 25.7. The van der Waals surface area contributed by atoms with Crippen LogP contribution in [0.5, 0.6) is 0 Å². The van der Waals surface area contributed by atoms with E-state index in [1.165, 1.54) is 49.0 Å². The van der Waals surface area contributed by atoms with E-state index in [9.17, 15) is 4.79 Å². The van der Waals surface area contributed by atoms with Crippen molar-refractivity contribution in [3.05, 3.63) is 47.3 Å². The van der Waals surface area contributed by atoms with E-state index in [2.05, 4.69) is 47.1 Å². The summed E-state index contributed by atoms with van der Waals surface area (Å²) in [6.45, 7) is 1.56. The summed E-state index contributed by atoms with van der Waals surface area (Å²) in [4.78, 5) is 19.5. The van der Waals surface area contributed by atoms with Crippen LogP contribution in [0.4, 0.5) is 5.82 Å². The van der Waals surface area contributed by atoms with Gasteiger partial charge in [-0.05, 0) is 128 Å². The topological polar surface area (TPSA) is 77.2 Å². The molecular weight excluding hydrogens is 490 g/mol. The number of anilines is 1. The van der Waals surface area contributed by atoms with Gasteiger partial charge in [0.05, 0.1) is 5.52 Å². The fraction of sp³-hybridized carbons (Fsp3) is 0.562. The molecule has 5 fully saturated rings. The standard InChI is InChI=1S/C32H39N3O2S/c33-31-27(16-25-15-24(3-5-28(25)34-31)29-2-1-11-38-29)26(23-7-9-37-10-8-23)4-6-30(36)35-32-17-20-12-21(18-32)14-22(13-20)19-32/h1-3,5,11,15-16,20-23,26H,4,6-10,12-14,17-19H2,(H2,33,34)(H,35,36). The van der Waals surface area contributed by atoms with E-state index in [0.717, 1.165) is 66.7 Å². The molecule has 3 N–H and O–H groups in total. The molecule has 200 valence electrons. The van der Waals surface area contributed by atoms with Gasteiger partial charge in [0, 0.05) is 35.4 Å². The summed E-state index contributed by atoms with van der Waals surface area (Å²) in [6.07, 6.45) is 11.1. The number of amides is 1. The number of thiophene rings is 1. The van der Waals surface area contributed by atoms with Crippen LogP contribution in [0.25, 0.3) is 21.3 Å². The molecule has 1 amide bonds. The summed E-state index contributed by atoms with van der Waals surface area (Å²) < 4.78 is 5.70. The normalized spacial score (nSPS) is 29.5. The number of hydrogen-bond donors (Lipinski definition) is 2. The first-order valence-electron chi connectivity index (χ1n) is 14.7. The molecular formula is C32H39N3O2S. The molecule has 1 aromatic carbocycles. The van der Waals surface area contributed by atoms with Crippen LogP contribution >= 0.6 is 11.3 Å². The minimum atomic E-state index is 0.0712. The van der Waals surface area contributed by atoms with E-state index >= 15 is 0 Å². The molecule has 4 aliphatic carbocycles. The summed E-state index contributed by atoms with van der Waals surface area (Å²) in [5.41, 5.74) is 9.94. The van der Waals surface area contributed by atoms with Crippen LogP contribution in [0.1, 0.15) is 75.7 Å². The Morgan fingerprint density at radius 3 is 2.50 bits per heavy atom. The highest BCUT2D eigenvalue weighted by atomic mass is 32.1. The lowest BCUT2D eigenvalue weighted by atomic mass is 9.53. The van der Waals surface area contributed by atoms with E-state index in [-0.39, 0.29) is 17.4 Å². The third-order valence-corrected chi connectivity index (χ3v) is 11.0. The summed E-state index contributed by atoms with van der Waals surface area (Å²) in [5.74, 6) is 4.01. The third kappa shape index (κ3) is 4.75. The molecule has 1 saturated heterocycles. The van der Waals surface area contributed by atoms with Crippen LogP contribution in [0.15, 0.2) is 41.8 Å². The molecule has 6 heteroatoms.